The molecule has 2 heterocycles. The molecule has 0 bridgehead atoms. The van der Waals surface area contributed by atoms with Gasteiger partial charge in [-0.1, -0.05) is 6.07 Å². The van der Waals surface area contributed by atoms with Gasteiger partial charge in [0.05, 0.1) is 5.69 Å². The van der Waals surface area contributed by atoms with Crippen LogP contribution in [-0.4, -0.2) is 15.0 Å². The fourth-order valence-electron chi connectivity index (χ4n) is 1.61. The van der Waals surface area contributed by atoms with Gasteiger partial charge in [0.1, 0.15) is 17.6 Å². The first-order valence-corrected chi connectivity index (χ1v) is 5.63. The van der Waals surface area contributed by atoms with Gasteiger partial charge >= 0.3 is 0 Å². The van der Waals surface area contributed by atoms with Gasteiger partial charge in [-0.2, -0.15) is 5.26 Å². The third kappa shape index (κ3) is 3.09. The Morgan fingerprint density at radius 1 is 1.22 bits per heavy atom. The molecule has 0 amide bonds. The Labute approximate surface area is 106 Å². The van der Waals surface area contributed by atoms with E-state index in [9.17, 15) is 0 Å². The largest absolute Gasteiger partial charge is 0.307 e. The number of rotatable bonds is 4. The maximum Gasteiger partial charge on any atom is 0.144 e. The molecular formula is C13H13N5. The summed E-state index contributed by atoms with van der Waals surface area (Å²) in [4.78, 5) is 12.3. The highest BCUT2D eigenvalue weighted by molar-refractivity contribution is 5.30. The number of aromatic nitrogens is 3. The van der Waals surface area contributed by atoms with Gasteiger partial charge in [0.2, 0.25) is 0 Å². The van der Waals surface area contributed by atoms with Gasteiger partial charge < -0.3 is 5.32 Å². The van der Waals surface area contributed by atoms with Gasteiger partial charge in [0, 0.05) is 31.0 Å². The summed E-state index contributed by atoms with van der Waals surface area (Å²) in [6.07, 6.45) is 3.36. The third-order valence-electron chi connectivity index (χ3n) is 2.45. The number of nitrogens with one attached hydrogen (secondary N) is 1. The molecule has 0 aliphatic rings. The number of hydrogen-bond acceptors (Lipinski definition) is 5. The molecule has 90 valence electrons. The molecule has 5 nitrogen and oxygen atoms in total. The predicted octanol–water partition coefficient (Wildman–Crippen LogP) is 1.34. The molecule has 0 fully saturated rings. The van der Waals surface area contributed by atoms with E-state index in [4.69, 9.17) is 5.26 Å². The molecule has 5 heteroatoms. The van der Waals surface area contributed by atoms with Crippen molar-refractivity contribution in [2.24, 2.45) is 0 Å². The summed E-state index contributed by atoms with van der Waals surface area (Å²) >= 11 is 0. The van der Waals surface area contributed by atoms with E-state index in [0.717, 1.165) is 17.1 Å². The first-order valence-electron chi connectivity index (χ1n) is 5.63. The minimum absolute atomic E-state index is 0.462. The summed E-state index contributed by atoms with van der Waals surface area (Å²) in [5.41, 5.74) is 2.29. The van der Waals surface area contributed by atoms with Crippen LogP contribution >= 0.6 is 0 Å². The minimum atomic E-state index is 0.462. The molecule has 2 aromatic heterocycles. The third-order valence-corrected chi connectivity index (χ3v) is 2.45. The van der Waals surface area contributed by atoms with Gasteiger partial charge in [-0.25, -0.2) is 15.0 Å². The zero-order chi connectivity index (χ0) is 12.8. The average Bonchev–Trinajstić information content (AvgIpc) is 2.39. The van der Waals surface area contributed by atoms with E-state index in [1.54, 1.807) is 12.4 Å². The summed E-state index contributed by atoms with van der Waals surface area (Å²) < 4.78 is 0. The van der Waals surface area contributed by atoms with Gasteiger partial charge in [0.25, 0.3) is 0 Å². The molecular weight excluding hydrogens is 226 g/mol. The van der Waals surface area contributed by atoms with Crippen molar-refractivity contribution in [3.63, 3.8) is 0 Å². The smallest absolute Gasteiger partial charge is 0.144 e. The quantitative estimate of drug-likeness (QED) is 0.871. The molecule has 0 aliphatic heterocycles. The number of nitrogens with zero attached hydrogens (tertiary/aromatic N) is 4. The summed E-state index contributed by atoms with van der Waals surface area (Å²) in [6, 6.07) is 7.66. The number of pyridine rings is 1. The maximum absolute atomic E-state index is 8.91. The van der Waals surface area contributed by atoms with E-state index < -0.39 is 0 Å². The Kier molecular flexibility index (Phi) is 3.94. The van der Waals surface area contributed by atoms with E-state index in [0.29, 0.717) is 18.8 Å². The first kappa shape index (κ1) is 12.1. The molecule has 0 aliphatic carbocycles. The molecule has 1 N–H and O–H groups in total. The van der Waals surface area contributed by atoms with E-state index >= 15 is 0 Å². The van der Waals surface area contributed by atoms with Crippen molar-refractivity contribution in [2.45, 2.75) is 20.0 Å². The SMILES string of the molecule is Cc1nccc(CNCc2cccnc2C#N)n1. The van der Waals surface area contributed by atoms with Crippen LogP contribution in [0.1, 0.15) is 22.8 Å². The zero-order valence-corrected chi connectivity index (χ0v) is 10.1. The Hall–Kier alpha value is -2.32. The van der Waals surface area contributed by atoms with Crippen LogP contribution in [0.15, 0.2) is 30.6 Å². The van der Waals surface area contributed by atoms with Crippen molar-refractivity contribution in [3.05, 3.63) is 53.4 Å². The topological polar surface area (TPSA) is 74.5 Å². The number of nitriles is 1. The molecule has 0 atom stereocenters. The van der Waals surface area contributed by atoms with Crippen molar-refractivity contribution in [1.29, 1.82) is 5.26 Å². The van der Waals surface area contributed by atoms with E-state index in [2.05, 4.69) is 26.3 Å². The van der Waals surface area contributed by atoms with Gasteiger partial charge in [-0.15, -0.1) is 0 Å². The molecule has 0 saturated carbocycles. The molecule has 18 heavy (non-hydrogen) atoms. The lowest BCUT2D eigenvalue weighted by Gasteiger charge is -2.05. The number of aryl methyl sites for hydroxylation is 1. The van der Waals surface area contributed by atoms with Crippen LogP contribution in [0.25, 0.3) is 0 Å². The van der Waals surface area contributed by atoms with Crippen molar-refractivity contribution >= 4 is 0 Å². The van der Waals surface area contributed by atoms with Crippen LogP contribution in [-0.2, 0) is 13.1 Å². The molecule has 0 aromatic carbocycles. The minimum Gasteiger partial charge on any atom is -0.307 e. The van der Waals surface area contributed by atoms with Crippen LogP contribution in [0.2, 0.25) is 0 Å². The van der Waals surface area contributed by atoms with Gasteiger partial charge in [-0.3, -0.25) is 0 Å². The Morgan fingerprint density at radius 2 is 2.11 bits per heavy atom. The molecule has 0 saturated heterocycles. The summed E-state index contributed by atoms with van der Waals surface area (Å²) in [5.74, 6) is 0.758. The van der Waals surface area contributed by atoms with E-state index in [-0.39, 0.29) is 0 Å². The highest BCUT2D eigenvalue weighted by Crippen LogP contribution is 2.03. The Balaban J connectivity index is 1.95. The van der Waals surface area contributed by atoms with Crippen molar-refractivity contribution in [1.82, 2.24) is 20.3 Å². The van der Waals surface area contributed by atoms with E-state index in [1.165, 1.54) is 0 Å². The second kappa shape index (κ2) is 5.84. The van der Waals surface area contributed by atoms with Crippen molar-refractivity contribution in [3.8, 4) is 6.07 Å². The molecule has 0 radical (unpaired) electrons. The second-order valence-electron chi connectivity index (χ2n) is 3.82. The average molecular weight is 239 g/mol. The maximum atomic E-state index is 8.91. The second-order valence-corrected chi connectivity index (χ2v) is 3.82. The van der Waals surface area contributed by atoms with Crippen LogP contribution in [0, 0.1) is 18.3 Å². The number of hydrogen-bond donors (Lipinski definition) is 1. The van der Waals surface area contributed by atoms with Gasteiger partial charge in [-0.05, 0) is 19.1 Å². The standard InChI is InChI=1S/C13H13N5/c1-10-16-6-4-12(18-10)9-15-8-11-3-2-5-17-13(11)7-14/h2-6,15H,8-9H2,1H3. The monoisotopic (exact) mass is 239 g/mol. The van der Waals surface area contributed by atoms with Crippen molar-refractivity contribution in [2.75, 3.05) is 0 Å². The normalized spacial score (nSPS) is 10.0. The van der Waals surface area contributed by atoms with Crippen molar-refractivity contribution < 1.29 is 0 Å². The fourth-order valence-corrected chi connectivity index (χ4v) is 1.61. The molecule has 2 aromatic rings. The summed E-state index contributed by atoms with van der Waals surface area (Å²) in [6.45, 7) is 3.10. The Morgan fingerprint density at radius 3 is 2.89 bits per heavy atom. The highest BCUT2D eigenvalue weighted by atomic mass is 14.9. The van der Waals surface area contributed by atoms with Crippen LogP contribution in [0.4, 0.5) is 0 Å². The Bertz CT molecular complexity index is 574. The van der Waals surface area contributed by atoms with Crippen LogP contribution in [0.5, 0.6) is 0 Å². The molecule has 2 rings (SSSR count). The summed E-state index contributed by atoms with van der Waals surface area (Å²) in [5, 5.41) is 12.1. The fraction of sp³-hybridized carbons (Fsp3) is 0.231. The predicted molar refractivity (Wildman–Crippen MR) is 66.3 cm³/mol. The van der Waals surface area contributed by atoms with E-state index in [1.807, 2.05) is 25.1 Å². The lowest BCUT2D eigenvalue weighted by molar-refractivity contribution is 0.672. The van der Waals surface area contributed by atoms with Crippen LogP contribution < -0.4 is 5.32 Å². The molecule has 0 spiro atoms. The summed E-state index contributed by atoms with van der Waals surface area (Å²) in [7, 11) is 0. The van der Waals surface area contributed by atoms with Gasteiger partial charge in [0.15, 0.2) is 0 Å². The molecule has 0 unspecified atom stereocenters. The van der Waals surface area contributed by atoms with Crippen LogP contribution in [0.3, 0.4) is 0 Å². The lowest BCUT2D eigenvalue weighted by Crippen LogP contribution is -2.15. The lowest BCUT2D eigenvalue weighted by atomic mass is 10.2. The highest BCUT2D eigenvalue weighted by Gasteiger charge is 2.02. The first-order chi connectivity index (χ1) is 8.79. The zero-order valence-electron chi connectivity index (χ0n) is 10.1.